The van der Waals surface area contributed by atoms with Gasteiger partial charge in [0, 0.05) is 30.3 Å². The van der Waals surface area contributed by atoms with E-state index in [4.69, 9.17) is 0 Å². The van der Waals surface area contributed by atoms with Crippen LogP contribution in [0.25, 0.3) is 6.08 Å². The van der Waals surface area contributed by atoms with Gasteiger partial charge in [0.05, 0.1) is 0 Å². The van der Waals surface area contributed by atoms with Crippen LogP contribution in [0, 0.1) is 28.1 Å². The minimum Gasteiger partial charge on any atom is -0.370 e. The molecule has 0 spiro atoms. The zero-order valence-electron chi connectivity index (χ0n) is 16.0. The molecular formula is C23H25N3S. The number of benzene rings is 1. The molecule has 1 aliphatic heterocycles. The van der Waals surface area contributed by atoms with E-state index in [1.165, 1.54) is 28.3 Å². The van der Waals surface area contributed by atoms with Crippen molar-refractivity contribution in [2.75, 3.05) is 29.5 Å². The van der Waals surface area contributed by atoms with E-state index in [9.17, 15) is 10.5 Å². The van der Waals surface area contributed by atoms with Crippen LogP contribution < -0.4 is 4.90 Å². The third kappa shape index (κ3) is 5.06. The minimum absolute atomic E-state index is 0.0544. The van der Waals surface area contributed by atoms with E-state index < -0.39 is 0 Å². The van der Waals surface area contributed by atoms with Crippen LogP contribution in [0.4, 0.5) is 5.69 Å². The fraction of sp³-hybridized carbons (Fsp3) is 0.391. The summed E-state index contributed by atoms with van der Waals surface area (Å²) in [7, 11) is 0. The zero-order valence-corrected chi connectivity index (χ0v) is 16.9. The van der Waals surface area contributed by atoms with Gasteiger partial charge in [-0.3, -0.25) is 0 Å². The second-order valence-electron chi connectivity index (χ2n) is 7.89. The highest BCUT2D eigenvalue weighted by Crippen LogP contribution is 2.39. The first kappa shape index (κ1) is 19.3. The van der Waals surface area contributed by atoms with Crippen LogP contribution in [0.5, 0.6) is 0 Å². The minimum atomic E-state index is 0.0544. The molecular weight excluding hydrogens is 350 g/mol. The highest BCUT2D eigenvalue weighted by molar-refractivity contribution is 7.99. The fourth-order valence-corrected chi connectivity index (χ4v) is 4.62. The molecule has 3 nitrogen and oxygen atoms in total. The van der Waals surface area contributed by atoms with Crippen molar-refractivity contribution >= 4 is 23.5 Å². The van der Waals surface area contributed by atoms with Gasteiger partial charge in [-0.05, 0) is 47.1 Å². The Hall–Kier alpha value is -2.43. The summed E-state index contributed by atoms with van der Waals surface area (Å²) in [5, 5.41) is 18.4. The Morgan fingerprint density at radius 1 is 1.04 bits per heavy atom. The summed E-state index contributed by atoms with van der Waals surface area (Å²) in [4.78, 5) is 2.44. The first-order valence-corrected chi connectivity index (χ1v) is 10.5. The first-order valence-electron chi connectivity index (χ1n) is 9.35. The van der Waals surface area contributed by atoms with Crippen molar-refractivity contribution in [1.29, 1.82) is 10.5 Å². The molecule has 0 N–H and O–H groups in total. The van der Waals surface area contributed by atoms with Crippen LogP contribution >= 0.6 is 11.8 Å². The van der Waals surface area contributed by atoms with Crippen LogP contribution in [-0.2, 0) is 0 Å². The Bertz CT molecular complexity index is 838. The molecule has 2 aliphatic rings. The summed E-state index contributed by atoms with van der Waals surface area (Å²) in [5.41, 5.74) is 4.77. The van der Waals surface area contributed by atoms with Crippen LogP contribution in [0.3, 0.4) is 0 Å². The molecule has 0 aromatic heterocycles. The number of hydrogen-bond acceptors (Lipinski definition) is 4. The molecule has 4 heteroatoms. The molecule has 0 radical (unpaired) electrons. The molecule has 0 atom stereocenters. The summed E-state index contributed by atoms with van der Waals surface area (Å²) in [6.07, 6.45) is 7.98. The number of nitrogens with zero attached hydrogens (tertiary/aromatic N) is 3. The maximum absolute atomic E-state index is 9.19. The van der Waals surface area contributed by atoms with Crippen LogP contribution in [-0.4, -0.2) is 24.6 Å². The van der Waals surface area contributed by atoms with Crippen LogP contribution in [0.2, 0.25) is 0 Å². The summed E-state index contributed by atoms with van der Waals surface area (Å²) >= 11 is 2.02. The monoisotopic (exact) mass is 375 g/mol. The number of allylic oxidation sites excluding steroid dienone is 5. The molecule has 1 saturated heterocycles. The van der Waals surface area contributed by atoms with Crippen LogP contribution in [0.1, 0.15) is 32.3 Å². The Balaban J connectivity index is 1.77. The topological polar surface area (TPSA) is 50.8 Å². The van der Waals surface area contributed by atoms with E-state index in [-0.39, 0.29) is 11.0 Å². The quantitative estimate of drug-likeness (QED) is 0.669. The molecule has 138 valence electrons. The molecule has 3 rings (SSSR count). The first-order chi connectivity index (χ1) is 13.0. The molecule has 0 saturated carbocycles. The Morgan fingerprint density at radius 3 is 2.33 bits per heavy atom. The number of hydrogen-bond donors (Lipinski definition) is 0. The van der Waals surface area contributed by atoms with Gasteiger partial charge in [0.25, 0.3) is 0 Å². The van der Waals surface area contributed by atoms with E-state index in [1.807, 2.05) is 30.0 Å². The zero-order chi connectivity index (χ0) is 19.3. The number of anilines is 1. The molecule has 0 bridgehead atoms. The lowest BCUT2D eigenvalue weighted by atomic mass is 9.74. The summed E-state index contributed by atoms with van der Waals surface area (Å²) in [5.74, 6) is 2.41. The van der Waals surface area contributed by atoms with Gasteiger partial charge in [-0.15, -0.1) is 0 Å². The predicted molar refractivity (Wildman–Crippen MR) is 114 cm³/mol. The number of rotatable bonds is 3. The van der Waals surface area contributed by atoms with Crippen LogP contribution in [0.15, 0.2) is 53.1 Å². The van der Waals surface area contributed by atoms with Crippen molar-refractivity contribution in [3.8, 4) is 12.1 Å². The SMILES string of the molecule is CC1(C)CC(/C=C/c2ccc(N3CCSCC3)cc2)=CC(=C(C#N)C#N)C1. The lowest BCUT2D eigenvalue weighted by molar-refractivity contribution is 0.354. The van der Waals surface area contributed by atoms with Crippen molar-refractivity contribution in [1.82, 2.24) is 0 Å². The van der Waals surface area contributed by atoms with Crippen molar-refractivity contribution in [2.24, 2.45) is 5.41 Å². The van der Waals surface area contributed by atoms with Crippen molar-refractivity contribution in [3.63, 3.8) is 0 Å². The maximum atomic E-state index is 9.19. The number of thioether (sulfide) groups is 1. The smallest absolute Gasteiger partial charge is 0.132 e. The molecule has 27 heavy (non-hydrogen) atoms. The van der Waals surface area contributed by atoms with E-state index in [0.717, 1.165) is 31.5 Å². The fourth-order valence-electron chi connectivity index (χ4n) is 3.71. The largest absolute Gasteiger partial charge is 0.370 e. The second-order valence-corrected chi connectivity index (χ2v) is 9.11. The van der Waals surface area contributed by atoms with Gasteiger partial charge in [0.1, 0.15) is 17.7 Å². The van der Waals surface area contributed by atoms with Gasteiger partial charge in [0.2, 0.25) is 0 Å². The third-order valence-electron chi connectivity index (χ3n) is 5.02. The predicted octanol–water partition coefficient (Wildman–Crippen LogP) is 5.34. The lowest BCUT2D eigenvalue weighted by Gasteiger charge is -2.30. The highest BCUT2D eigenvalue weighted by atomic mass is 32.2. The van der Waals surface area contributed by atoms with E-state index in [1.54, 1.807) is 0 Å². The van der Waals surface area contributed by atoms with Gasteiger partial charge in [-0.2, -0.15) is 22.3 Å². The van der Waals surface area contributed by atoms with Gasteiger partial charge in [-0.1, -0.05) is 44.2 Å². The summed E-state index contributed by atoms with van der Waals surface area (Å²) in [6.45, 7) is 6.62. The molecule has 0 amide bonds. The standard InChI is InChI=1S/C23H25N3S/c1-23(2)14-19(13-20(15-23)21(16-24)17-25)4-3-18-5-7-22(8-6-18)26-9-11-27-12-10-26/h3-8,13H,9-12,14-15H2,1-2H3/b4-3+. The Kier molecular flexibility index (Phi) is 6.09. The van der Waals surface area contributed by atoms with Crippen molar-refractivity contribution < 1.29 is 0 Å². The summed E-state index contributed by atoms with van der Waals surface area (Å²) < 4.78 is 0. The lowest BCUT2D eigenvalue weighted by Crippen LogP contribution is -2.32. The normalized spacial score (nSPS) is 19.3. The molecule has 1 aromatic rings. The van der Waals surface area contributed by atoms with E-state index >= 15 is 0 Å². The van der Waals surface area contributed by atoms with Gasteiger partial charge >= 0.3 is 0 Å². The molecule has 1 aromatic carbocycles. The molecule has 1 aliphatic carbocycles. The van der Waals surface area contributed by atoms with Gasteiger partial charge < -0.3 is 4.90 Å². The summed E-state index contributed by atoms with van der Waals surface area (Å²) in [6, 6.07) is 12.8. The molecule has 1 heterocycles. The van der Waals surface area contributed by atoms with Crippen molar-refractivity contribution in [2.45, 2.75) is 26.7 Å². The van der Waals surface area contributed by atoms with Gasteiger partial charge in [0.15, 0.2) is 0 Å². The van der Waals surface area contributed by atoms with E-state index in [0.29, 0.717) is 0 Å². The molecule has 1 fully saturated rings. The molecule has 0 unspecified atom stereocenters. The second kappa shape index (κ2) is 8.51. The Morgan fingerprint density at radius 2 is 1.70 bits per heavy atom. The third-order valence-corrected chi connectivity index (χ3v) is 5.96. The van der Waals surface area contributed by atoms with Crippen molar-refractivity contribution in [3.05, 3.63) is 58.7 Å². The maximum Gasteiger partial charge on any atom is 0.132 e. The van der Waals surface area contributed by atoms with E-state index in [2.05, 4.69) is 55.2 Å². The average Bonchev–Trinajstić information content (AvgIpc) is 2.67. The average molecular weight is 376 g/mol. The Labute approximate surface area is 166 Å². The van der Waals surface area contributed by atoms with Gasteiger partial charge in [-0.25, -0.2) is 0 Å². The number of nitriles is 2. The highest BCUT2D eigenvalue weighted by Gasteiger charge is 2.26.